The molecule has 0 unspecified atom stereocenters. The first-order valence-electron chi connectivity index (χ1n) is 9.24. The monoisotopic (exact) mass is 431 g/mol. The van der Waals surface area contributed by atoms with Crippen LogP contribution < -0.4 is 11.2 Å². The number of rotatable bonds is 6. The molecule has 0 saturated carbocycles. The Morgan fingerprint density at radius 3 is 2.57 bits per heavy atom. The second-order valence-corrected chi connectivity index (χ2v) is 8.32. The van der Waals surface area contributed by atoms with Gasteiger partial charge in [0.15, 0.2) is 16.5 Å². The molecule has 0 radical (unpaired) electrons. The number of aromatic nitrogens is 3. The van der Waals surface area contributed by atoms with Gasteiger partial charge in [-0.3, -0.25) is 9.59 Å². The maximum Gasteiger partial charge on any atom is 0.275 e. The predicted octanol–water partition coefficient (Wildman–Crippen LogP) is 2.49. The van der Waals surface area contributed by atoms with E-state index in [1.54, 1.807) is 32.9 Å². The molecule has 2 aromatic heterocycles. The summed E-state index contributed by atoms with van der Waals surface area (Å²) < 4.78 is 13.0. The highest BCUT2D eigenvalue weighted by Crippen LogP contribution is 2.25. The molecule has 0 fully saturated rings. The van der Waals surface area contributed by atoms with Gasteiger partial charge in [-0.05, 0) is 38.5 Å². The van der Waals surface area contributed by atoms with E-state index in [1.807, 2.05) is 0 Å². The van der Waals surface area contributed by atoms with Gasteiger partial charge >= 0.3 is 0 Å². The Morgan fingerprint density at radius 1 is 1.30 bits per heavy atom. The first-order valence-corrected chi connectivity index (χ1v) is 10.1. The number of nitrogens with one attached hydrogen (secondary N) is 1. The number of halogens is 1. The number of H-pyrrole nitrogens is 1. The Labute approximate surface area is 176 Å². The minimum absolute atomic E-state index is 0.0990. The largest absolute Gasteiger partial charge is 0.503 e. The second kappa shape index (κ2) is 8.33. The van der Waals surface area contributed by atoms with Crippen LogP contribution in [0.5, 0.6) is 5.75 Å². The summed E-state index contributed by atoms with van der Waals surface area (Å²) in [5, 5.41) is 19.4. The zero-order valence-electron chi connectivity index (χ0n) is 16.8. The zero-order valence-corrected chi connectivity index (χ0v) is 17.6. The summed E-state index contributed by atoms with van der Waals surface area (Å²) in [5.74, 6) is -1.61. The molecule has 0 atom stereocenters. The molecular weight excluding hydrogens is 409 g/mol. The number of hydrogen-bond acceptors (Lipinski definition) is 7. The van der Waals surface area contributed by atoms with E-state index >= 15 is 0 Å². The van der Waals surface area contributed by atoms with Crippen molar-refractivity contribution in [3.05, 3.63) is 62.8 Å². The number of carbonyl (C=O) groups is 1. The van der Waals surface area contributed by atoms with Crippen LogP contribution >= 0.6 is 11.3 Å². The molecule has 4 N–H and O–H groups in total. The molecule has 8 nitrogen and oxygen atoms in total. The summed E-state index contributed by atoms with van der Waals surface area (Å²) in [5.41, 5.74) is 5.02. The van der Waals surface area contributed by atoms with Gasteiger partial charge < -0.3 is 20.7 Å². The first kappa shape index (κ1) is 21.6. The molecule has 1 aromatic carbocycles. The number of benzene rings is 1. The van der Waals surface area contributed by atoms with Gasteiger partial charge in [-0.1, -0.05) is 23.5 Å². The Morgan fingerprint density at radius 2 is 1.97 bits per heavy atom. The minimum atomic E-state index is -0.970. The van der Waals surface area contributed by atoms with E-state index in [0.29, 0.717) is 23.0 Å². The Kier molecular flexibility index (Phi) is 5.99. The molecule has 0 saturated heterocycles. The first-order chi connectivity index (χ1) is 14.1. The lowest BCUT2D eigenvalue weighted by Crippen LogP contribution is -2.54. The number of hydrogen-bond donors (Lipinski definition) is 3. The summed E-state index contributed by atoms with van der Waals surface area (Å²) in [6.07, 6.45) is 1.75. The molecule has 0 aliphatic carbocycles. The Balaban J connectivity index is 1.89. The van der Waals surface area contributed by atoms with Crippen molar-refractivity contribution >= 4 is 17.2 Å². The number of nitrogens with zero attached hydrogens (tertiary/aromatic N) is 3. The van der Waals surface area contributed by atoms with Crippen molar-refractivity contribution in [1.29, 1.82) is 0 Å². The maximum absolute atomic E-state index is 13.0. The fourth-order valence-corrected chi connectivity index (χ4v) is 3.89. The zero-order chi connectivity index (χ0) is 22.1. The molecular formula is C20H22FN5O3S. The lowest BCUT2D eigenvalue weighted by Gasteiger charge is -2.34. The quantitative estimate of drug-likeness (QED) is 0.515. The minimum Gasteiger partial charge on any atom is -0.503 e. The van der Waals surface area contributed by atoms with Crippen LogP contribution in [0.15, 0.2) is 35.3 Å². The number of aromatic hydroxyl groups is 1. The van der Waals surface area contributed by atoms with Crippen LogP contribution in [0.3, 0.4) is 0 Å². The molecule has 1 amide bonds. The SMILES string of the molecule is CCN(C(=O)c1[nH]cc(-c2nnc(Cc3ccc(F)cc3)s2)c(=O)c1O)C(C)(C)N. The van der Waals surface area contributed by atoms with Gasteiger partial charge in [0.25, 0.3) is 5.91 Å². The van der Waals surface area contributed by atoms with Gasteiger partial charge in [-0.25, -0.2) is 4.39 Å². The molecule has 30 heavy (non-hydrogen) atoms. The van der Waals surface area contributed by atoms with E-state index in [-0.39, 0.29) is 17.1 Å². The molecule has 2 heterocycles. The highest BCUT2D eigenvalue weighted by atomic mass is 32.1. The van der Waals surface area contributed by atoms with E-state index in [1.165, 1.54) is 34.6 Å². The smallest absolute Gasteiger partial charge is 0.275 e. The van der Waals surface area contributed by atoms with Crippen molar-refractivity contribution < 1.29 is 14.3 Å². The molecule has 158 valence electrons. The van der Waals surface area contributed by atoms with Crippen LogP contribution in [0.2, 0.25) is 0 Å². The van der Waals surface area contributed by atoms with Crippen LogP contribution in [0, 0.1) is 5.82 Å². The van der Waals surface area contributed by atoms with Crippen LogP contribution in [0.25, 0.3) is 10.6 Å². The third-order valence-corrected chi connectivity index (χ3v) is 5.45. The molecule has 0 aliphatic heterocycles. The number of nitrogens with two attached hydrogens (primary N) is 1. The van der Waals surface area contributed by atoms with Gasteiger partial charge in [0.05, 0.1) is 11.2 Å². The predicted molar refractivity (Wildman–Crippen MR) is 112 cm³/mol. The van der Waals surface area contributed by atoms with E-state index in [2.05, 4.69) is 15.2 Å². The number of aromatic amines is 1. The van der Waals surface area contributed by atoms with Crippen molar-refractivity contribution in [2.45, 2.75) is 32.9 Å². The van der Waals surface area contributed by atoms with Crippen LogP contribution in [0.1, 0.15) is 41.8 Å². The normalized spacial score (nSPS) is 11.5. The van der Waals surface area contributed by atoms with Crippen LogP contribution in [0.4, 0.5) is 4.39 Å². The summed E-state index contributed by atoms with van der Waals surface area (Å²) in [6, 6.07) is 6.01. The molecule has 0 spiro atoms. The fourth-order valence-electron chi connectivity index (χ4n) is 3.00. The molecule has 0 aliphatic rings. The molecule has 3 rings (SSSR count). The van der Waals surface area contributed by atoms with Crippen molar-refractivity contribution in [1.82, 2.24) is 20.1 Å². The molecule has 0 bridgehead atoms. The second-order valence-electron chi connectivity index (χ2n) is 7.26. The average molecular weight is 431 g/mol. The van der Waals surface area contributed by atoms with E-state index in [0.717, 1.165) is 5.56 Å². The lowest BCUT2D eigenvalue weighted by molar-refractivity contribution is 0.0568. The van der Waals surface area contributed by atoms with Gasteiger partial charge in [0.1, 0.15) is 10.8 Å². The van der Waals surface area contributed by atoms with Crippen LogP contribution in [-0.2, 0) is 6.42 Å². The maximum atomic E-state index is 13.0. The number of carbonyl (C=O) groups excluding carboxylic acids is 1. The van der Waals surface area contributed by atoms with E-state index in [4.69, 9.17) is 5.73 Å². The summed E-state index contributed by atoms with van der Waals surface area (Å²) in [7, 11) is 0. The molecule has 3 aromatic rings. The summed E-state index contributed by atoms with van der Waals surface area (Å²) in [6.45, 7) is 5.36. The van der Waals surface area contributed by atoms with Crippen molar-refractivity contribution in [3.8, 4) is 16.3 Å². The van der Waals surface area contributed by atoms with Gasteiger partial charge in [0.2, 0.25) is 5.43 Å². The topological polar surface area (TPSA) is 125 Å². The van der Waals surface area contributed by atoms with Crippen molar-refractivity contribution in [3.63, 3.8) is 0 Å². The highest BCUT2D eigenvalue weighted by Gasteiger charge is 2.30. The third-order valence-electron chi connectivity index (χ3n) is 4.49. The van der Waals surface area contributed by atoms with E-state index < -0.39 is 22.7 Å². The third kappa shape index (κ3) is 4.39. The highest BCUT2D eigenvalue weighted by molar-refractivity contribution is 7.14. The number of amides is 1. The van der Waals surface area contributed by atoms with Crippen LogP contribution in [-0.4, -0.2) is 43.3 Å². The Hall–Kier alpha value is -3.11. The summed E-state index contributed by atoms with van der Waals surface area (Å²) in [4.78, 5) is 29.5. The van der Waals surface area contributed by atoms with Crippen molar-refractivity contribution in [2.24, 2.45) is 5.73 Å². The summed E-state index contributed by atoms with van der Waals surface area (Å²) >= 11 is 1.17. The standard InChI is InChI=1S/C20H22FN5O3S/c1-4-26(20(2,3)22)19(29)15-17(28)16(27)13(10-23-15)18-25-24-14(30-18)9-11-5-7-12(21)8-6-11/h5-8,10,28H,4,9,22H2,1-3H3,(H,23,27). The lowest BCUT2D eigenvalue weighted by atomic mass is 10.1. The van der Waals surface area contributed by atoms with Gasteiger partial charge in [-0.15, -0.1) is 10.2 Å². The Bertz CT molecular complexity index is 1120. The van der Waals surface area contributed by atoms with Gasteiger partial charge in [-0.2, -0.15) is 0 Å². The molecule has 10 heteroatoms. The average Bonchev–Trinajstić information content (AvgIpc) is 3.13. The van der Waals surface area contributed by atoms with Crippen molar-refractivity contribution in [2.75, 3.05) is 6.54 Å². The van der Waals surface area contributed by atoms with Gasteiger partial charge in [0, 0.05) is 19.2 Å². The fraction of sp³-hybridized carbons (Fsp3) is 0.300. The van der Waals surface area contributed by atoms with E-state index in [9.17, 15) is 19.1 Å². The number of pyridine rings is 1.